The van der Waals surface area contributed by atoms with E-state index in [1.165, 1.54) is 0 Å². The van der Waals surface area contributed by atoms with Crippen molar-refractivity contribution in [2.75, 3.05) is 26.1 Å². The molecule has 1 saturated heterocycles. The van der Waals surface area contributed by atoms with Crippen LogP contribution in [0, 0.1) is 13.8 Å². The standard InChI is InChI=1S/C31H33N5O3S/c1-20-18-24(21(2)36(20)22-10-9-11-23(19-22)38-3)30-29(26-13-7-8-16-32-26)34-31(40)35(30)17-15-28(37)33-25-12-5-6-14-27(25)39-4/h5-14,16,18-19,29-30H,15,17H2,1-4H3,(H,33,37)(H,34,40)/t29-,30-/m1/s1. The molecule has 0 aliphatic carbocycles. The van der Waals surface area contributed by atoms with Gasteiger partial charge < -0.3 is 29.6 Å². The number of benzene rings is 2. The lowest BCUT2D eigenvalue weighted by atomic mass is 9.96. The molecular weight excluding hydrogens is 522 g/mol. The highest BCUT2D eigenvalue weighted by Crippen LogP contribution is 2.41. The number of para-hydroxylation sites is 2. The number of aromatic nitrogens is 2. The SMILES string of the molecule is COc1cccc(-n2c(C)cc([C@@H]3[C@@H](c4ccccn4)NC(=S)N3CCC(=O)Nc3ccccc3OC)c2C)c1. The van der Waals surface area contributed by atoms with Crippen LogP contribution in [0.2, 0.25) is 0 Å². The highest BCUT2D eigenvalue weighted by molar-refractivity contribution is 7.80. The van der Waals surface area contributed by atoms with Crippen LogP contribution in [-0.4, -0.2) is 46.2 Å². The third-order valence-electron chi connectivity index (χ3n) is 7.26. The molecule has 8 nitrogen and oxygen atoms in total. The Hall–Kier alpha value is -4.37. The molecule has 2 N–H and O–H groups in total. The van der Waals surface area contributed by atoms with Crippen molar-refractivity contribution < 1.29 is 14.3 Å². The third kappa shape index (κ3) is 5.37. The normalized spacial score (nSPS) is 16.5. The summed E-state index contributed by atoms with van der Waals surface area (Å²) >= 11 is 5.84. The summed E-state index contributed by atoms with van der Waals surface area (Å²) in [5.41, 5.74) is 5.85. The fourth-order valence-corrected chi connectivity index (χ4v) is 5.73. The number of hydrogen-bond donors (Lipinski definition) is 2. The van der Waals surface area contributed by atoms with Crippen molar-refractivity contribution in [1.29, 1.82) is 0 Å². The summed E-state index contributed by atoms with van der Waals surface area (Å²) in [4.78, 5) is 19.8. The highest BCUT2D eigenvalue weighted by Gasteiger charge is 2.41. The molecule has 2 aromatic heterocycles. The van der Waals surface area contributed by atoms with E-state index in [4.69, 9.17) is 21.7 Å². The van der Waals surface area contributed by atoms with Crippen molar-refractivity contribution in [3.8, 4) is 17.2 Å². The Kier molecular flexibility index (Phi) is 8.02. The number of methoxy groups -OCH3 is 2. The van der Waals surface area contributed by atoms with Gasteiger partial charge in [-0.1, -0.05) is 24.3 Å². The number of nitrogens with zero attached hydrogens (tertiary/aromatic N) is 3. The predicted octanol–water partition coefficient (Wildman–Crippen LogP) is 5.51. The number of rotatable bonds is 9. The Morgan fingerprint density at radius 2 is 1.82 bits per heavy atom. The van der Waals surface area contributed by atoms with Gasteiger partial charge in [0.05, 0.1) is 37.7 Å². The maximum Gasteiger partial charge on any atom is 0.226 e. The molecule has 1 amide bonds. The Morgan fingerprint density at radius 1 is 1.02 bits per heavy atom. The van der Waals surface area contributed by atoms with Gasteiger partial charge in [0.25, 0.3) is 0 Å². The van der Waals surface area contributed by atoms with Gasteiger partial charge in [-0.2, -0.15) is 0 Å². The van der Waals surface area contributed by atoms with Crippen molar-refractivity contribution in [3.05, 3.63) is 102 Å². The van der Waals surface area contributed by atoms with E-state index in [1.807, 2.05) is 60.7 Å². The number of amides is 1. The van der Waals surface area contributed by atoms with E-state index in [2.05, 4.69) is 51.1 Å². The first-order chi connectivity index (χ1) is 19.4. The van der Waals surface area contributed by atoms with Gasteiger partial charge in [0, 0.05) is 42.3 Å². The van der Waals surface area contributed by atoms with Gasteiger partial charge in [-0.25, -0.2) is 0 Å². The molecule has 206 valence electrons. The molecule has 0 saturated carbocycles. The van der Waals surface area contributed by atoms with Crippen LogP contribution < -0.4 is 20.1 Å². The second-order valence-electron chi connectivity index (χ2n) is 9.68. The summed E-state index contributed by atoms with van der Waals surface area (Å²) in [6.07, 6.45) is 2.04. The molecular formula is C31H33N5O3S. The first-order valence-electron chi connectivity index (χ1n) is 13.2. The molecule has 0 bridgehead atoms. The Labute approximate surface area is 239 Å². The summed E-state index contributed by atoms with van der Waals surface area (Å²) in [6, 6.07) is 23.2. The van der Waals surface area contributed by atoms with Crippen molar-refractivity contribution in [2.45, 2.75) is 32.4 Å². The molecule has 3 heterocycles. The van der Waals surface area contributed by atoms with Crippen molar-refractivity contribution in [1.82, 2.24) is 19.8 Å². The van der Waals surface area contributed by atoms with Gasteiger partial charge >= 0.3 is 0 Å². The largest absolute Gasteiger partial charge is 0.497 e. The van der Waals surface area contributed by atoms with E-state index in [0.29, 0.717) is 23.1 Å². The van der Waals surface area contributed by atoms with Crippen molar-refractivity contribution in [3.63, 3.8) is 0 Å². The van der Waals surface area contributed by atoms with Crippen molar-refractivity contribution in [2.24, 2.45) is 0 Å². The van der Waals surface area contributed by atoms with Crippen LogP contribution in [-0.2, 0) is 4.79 Å². The lowest BCUT2D eigenvalue weighted by molar-refractivity contribution is -0.116. The lowest BCUT2D eigenvalue weighted by Crippen LogP contribution is -2.33. The fourth-order valence-electron chi connectivity index (χ4n) is 5.40. The smallest absolute Gasteiger partial charge is 0.226 e. The molecule has 4 aromatic rings. The molecule has 1 aliphatic heterocycles. The van der Waals surface area contributed by atoms with Crippen LogP contribution in [0.25, 0.3) is 5.69 Å². The summed E-state index contributed by atoms with van der Waals surface area (Å²) in [7, 11) is 3.26. The number of hydrogen-bond acceptors (Lipinski definition) is 5. The first-order valence-corrected chi connectivity index (χ1v) is 13.6. The second-order valence-corrected chi connectivity index (χ2v) is 10.1. The number of ether oxygens (including phenoxy) is 2. The van der Waals surface area contributed by atoms with Gasteiger partial charge in [0.1, 0.15) is 11.5 Å². The Balaban J connectivity index is 1.47. The molecule has 0 unspecified atom stereocenters. The van der Waals surface area contributed by atoms with Gasteiger partial charge in [0.2, 0.25) is 5.91 Å². The summed E-state index contributed by atoms with van der Waals surface area (Å²) in [5, 5.41) is 7.05. The zero-order valence-corrected chi connectivity index (χ0v) is 23.9. The van der Waals surface area contributed by atoms with E-state index in [1.54, 1.807) is 20.4 Å². The molecule has 1 fully saturated rings. The lowest BCUT2D eigenvalue weighted by Gasteiger charge is -2.28. The average molecular weight is 556 g/mol. The minimum atomic E-state index is -0.176. The maximum atomic E-state index is 13.0. The molecule has 2 atom stereocenters. The molecule has 0 spiro atoms. The zero-order valence-electron chi connectivity index (χ0n) is 23.0. The van der Waals surface area contributed by atoms with Crippen LogP contribution in [0.1, 0.15) is 41.1 Å². The quantitative estimate of drug-likeness (QED) is 0.264. The van der Waals surface area contributed by atoms with E-state index < -0.39 is 0 Å². The maximum absolute atomic E-state index is 13.0. The van der Waals surface area contributed by atoms with Crippen molar-refractivity contribution >= 4 is 28.9 Å². The van der Waals surface area contributed by atoms with E-state index in [9.17, 15) is 4.79 Å². The Bertz CT molecular complexity index is 1520. The van der Waals surface area contributed by atoms with Crippen LogP contribution in [0.5, 0.6) is 11.5 Å². The fraction of sp³-hybridized carbons (Fsp3) is 0.258. The van der Waals surface area contributed by atoms with Crippen LogP contribution in [0.15, 0.2) is 79.0 Å². The number of thiocarbonyl (C=S) groups is 1. The second kappa shape index (κ2) is 11.8. The van der Waals surface area contributed by atoms with E-state index in [-0.39, 0.29) is 24.4 Å². The highest BCUT2D eigenvalue weighted by atomic mass is 32.1. The molecule has 2 aromatic carbocycles. The topological polar surface area (TPSA) is 80.7 Å². The third-order valence-corrected chi connectivity index (χ3v) is 7.61. The predicted molar refractivity (Wildman–Crippen MR) is 160 cm³/mol. The molecule has 5 rings (SSSR count). The summed E-state index contributed by atoms with van der Waals surface area (Å²) < 4.78 is 13.1. The number of nitrogens with one attached hydrogen (secondary N) is 2. The molecule has 40 heavy (non-hydrogen) atoms. The Morgan fingerprint density at radius 3 is 2.58 bits per heavy atom. The minimum Gasteiger partial charge on any atom is -0.497 e. The van der Waals surface area contributed by atoms with Crippen LogP contribution in [0.3, 0.4) is 0 Å². The zero-order chi connectivity index (χ0) is 28.2. The molecule has 1 aliphatic rings. The number of carbonyl (C=O) groups is 1. The summed E-state index contributed by atoms with van der Waals surface area (Å²) in [5.74, 6) is 1.30. The van der Waals surface area contributed by atoms with Crippen LogP contribution >= 0.6 is 12.2 Å². The monoisotopic (exact) mass is 555 g/mol. The van der Waals surface area contributed by atoms with Gasteiger partial charge in [-0.05, 0) is 74.1 Å². The minimum absolute atomic E-state index is 0.116. The molecule has 9 heteroatoms. The van der Waals surface area contributed by atoms with E-state index in [0.717, 1.165) is 34.1 Å². The van der Waals surface area contributed by atoms with Gasteiger partial charge in [-0.3, -0.25) is 9.78 Å². The summed E-state index contributed by atoms with van der Waals surface area (Å²) in [6.45, 7) is 4.65. The van der Waals surface area contributed by atoms with Crippen LogP contribution in [0.4, 0.5) is 5.69 Å². The van der Waals surface area contributed by atoms with E-state index >= 15 is 0 Å². The molecule has 0 radical (unpaired) electrons. The number of pyridine rings is 1. The van der Waals surface area contributed by atoms with Gasteiger partial charge in [-0.15, -0.1) is 0 Å². The number of anilines is 1. The number of carbonyl (C=O) groups excluding carboxylic acids is 1. The first kappa shape index (κ1) is 27.2. The van der Waals surface area contributed by atoms with Gasteiger partial charge in [0.15, 0.2) is 5.11 Å². The number of aryl methyl sites for hydroxylation is 1. The average Bonchev–Trinajstić information content (AvgIpc) is 3.46.